The third-order valence-electron chi connectivity index (χ3n) is 5.52. The van der Waals surface area contributed by atoms with Gasteiger partial charge < -0.3 is 9.62 Å². The summed E-state index contributed by atoms with van der Waals surface area (Å²) in [7, 11) is 0. The quantitative estimate of drug-likeness (QED) is 0.500. The lowest BCUT2D eigenvalue weighted by Crippen LogP contribution is -2.31. The van der Waals surface area contributed by atoms with Gasteiger partial charge in [0.15, 0.2) is 17.3 Å². The lowest BCUT2D eigenvalue weighted by Gasteiger charge is -2.31. The minimum atomic E-state index is 0.258. The summed E-state index contributed by atoms with van der Waals surface area (Å²) >= 11 is 1.62. The molecule has 0 saturated carbocycles. The van der Waals surface area contributed by atoms with E-state index in [1.807, 2.05) is 10.8 Å². The highest BCUT2D eigenvalue weighted by Crippen LogP contribution is 2.32. The molecule has 0 unspecified atom stereocenters. The van der Waals surface area contributed by atoms with Gasteiger partial charge in [0, 0.05) is 41.7 Å². The van der Waals surface area contributed by atoms with Crippen LogP contribution in [-0.4, -0.2) is 32.6 Å². The molecule has 29 heavy (non-hydrogen) atoms. The molecule has 0 radical (unpaired) electrons. The first-order valence-electron chi connectivity index (χ1n) is 9.95. The number of aromatic nitrogens is 4. The maximum Gasteiger partial charge on any atom is 0.185 e. The van der Waals surface area contributed by atoms with Crippen molar-refractivity contribution in [3.05, 3.63) is 59.4 Å². The van der Waals surface area contributed by atoms with E-state index in [0.29, 0.717) is 0 Å². The summed E-state index contributed by atoms with van der Waals surface area (Å²) in [5.74, 6) is 2.16. The molecule has 5 rings (SSSR count). The van der Waals surface area contributed by atoms with Gasteiger partial charge in [-0.15, -0.1) is 15.3 Å². The predicted octanol–water partition coefficient (Wildman–Crippen LogP) is 4.65. The Balaban J connectivity index is 1.64. The van der Waals surface area contributed by atoms with Crippen molar-refractivity contribution in [3.8, 4) is 0 Å². The van der Waals surface area contributed by atoms with E-state index < -0.39 is 0 Å². The summed E-state index contributed by atoms with van der Waals surface area (Å²) in [5, 5.41) is 16.1. The van der Waals surface area contributed by atoms with Crippen LogP contribution in [0.25, 0.3) is 16.4 Å². The van der Waals surface area contributed by atoms with Crippen LogP contribution in [0.4, 0.5) is 11.5 Å². The van der Waals surface area contributed by atoms with E-state index in [-0.39, 0.29) is 5.92 Å². The van der Waals surface area contributed by atoms with Crippen LogP contribution in [0.2, 0.25) is 0 Å². The molecule has 2 aromatic carbocycles. The number of hydrogen-bond acceptors (Lipinski definition) is 6. The first-order chi connectivity index (χ1) is 14.2. The van der Waals surface area contributed by atoms with E-state index in [2.05, 4.69) is 76.1 Å². The molecule has 0 fully saturated rings. The molecule has 1 N–H and O–H groups in total. The van der Waals surface area contributed by atoms with E-state index in [0.717, 1.165) is 53.3 Å². The molecule has 1 aliphatic heterocycles. The summed E-state index contributed by atoms with van der Waals surface area (Å²) in [5.41, 5.74) is 4.75. The highest BCUT2D eigenvalue weighted by Gasteiger charge is 2.23. The van der Waals surface area contributed by atoms with Gasteiger partial charge in [0.1, 0.15) is 0 Å². The molecular formula is C22H24N6S. The van der Waals surface area contributed by atoms with Gasteiger partial charge in [-0.1, -0.05) is 56.1 Å². The zero-order valence-electron chi connectivity index (χ0n) is 16.9. The standard InChI is InChI=1S/C22H24N6S/c1-14(2)20-23-24-21-18-6-4-5-7-19(18)22(25-28(20)21)27-11-10-15-8-9-17(26-29-3)12-16(15)13-27/h4-9,12,14,26H,10-11,13H2,1-3H3. The van der Waals surface area contributed by atoms with Crippen LogP contribution in [0.1, 0.15) is 36.7 Å². The van der Waals surface area contributed by atoms with Gasteiger partial charge in [0.25, 0.3) is 0 Å². The van der Waals surface area contributed by atoms with Gasteiger partial charge in [-0.2, -0.15) is 4.52 Å². The van der Waals surface area contributed by atoms with Gasteiger partial charge in [0.05, 0.1) is 0 Å². The lowest BCUT2D eigenvalue weighted by molar-refractivity contribution is 0.689. The first kappa shape index (κ1) is 18.2. The highest BCUT2D eigenvalue weighted by molar-refractivity contribution is 7.99. The van der Waals surface area contributed by atoms with E-state index in [9.17, 15) is 0 Å². The molecule has 7 heteroatoms. The average molecular weight is 405 g/mol. The second-order valence-corrected chi connectivity index (χ2v) is 8.39. The maximum absolute atomic E-state index is 5.04. The maximum atomic E-state index is 5.04. The number of benzene rings is 2. The van der Waals surface area contributed by atoms with Crippen molar-refractivity contribution < 1.29 is 0 Å². The van der Waals surface area contributed by atoms with Crippen LogP contribution >= 0.6 is 11.9 Å². The molecule has 0 amide bonds. The molecule has 1 aliphatic rings. The molecule has 6 nitrogen and oxygen atoms in total. The fourth-order valence-corrected chi connectivity index (χ4v) is 4.46. The largest absolute Gasteiger partial charge is 0.350 e. The van der Waals surface area contributed by atoms with Crippen molar-refractivity contribution in [3.63, 3.8) is 0 Å². The predicted molar refractivity (Wildman–Crippen MR) is 121 cm³/mol. The number of nitrogens with zero attached hydrogens (tertiary/aromatic N) is 5. The van der Waals surface area contributed by atoms with Crippen molar-refractivity contribution in [2.24, 2.45) is 0 Å². The summed E-state index contributed by atoms with van der Waals surface area (Å²) in [6.45, 7) is 6.06. The monoisotopic (exact) mass is 404 g/mol. The Bertz CT molecular complexity index is 1200. The Morgan fingerprint density at radius 1 is 1.03 bits per heavy atom. The van der Waals surface area contributed by atoms with E-state index in [1.165, 1.54) is 11.1 Å². The van der Waals surface area contributed by atoms with E-state index >= 15 is 0 Å². The molecule has 148 valence electrons. The molecule has 4 aromatic rings. The van der Waals surface area contributed by atoms with E-state index in [4.69, 9.17) is 5.10 Å². The minimum Gasteiger partial charge on any atom is -0.350 e. The number of fused-ring (bicyclic) bond motifs is 4. The summed E-state index contributed by atoms with van der Waals surface area (Å²) < 4.78 is 5.28. The Labute approximate surface area is 174 Å². The molecule has 2 aromatic heterocycles. The van der Waals surface area contributed by atoms with Crippen LogP contribution in [0, 0.1) is 0 Å². The third kappa shape index (κ3) is 3.09. The molecule has 0 bridgehead atoms. The first-order valence-corrected chi connectivity index (χ1v) is 11.2. The summed E-state index contributed by atoms with van der Waals surface area (Å²) in [4.78, 5) is 2.39. The molecule has 0 atom stereocenters. The Kier molecular flexibility index (Phi) is 4.54. The SMILES string of the molecule is CSNc1ccc2c(c1)CN(c1nn3c(C(C)C)nnc3c3ccccc13)CC2. The number of rotatable bonds is 4. The Morgan fingerprint density at radius 3 is 2.66 bits per heavy atom. The number of hydrogen-bond donors (Lipinski definition) is 1. The fraction of sp³-hybridized carbons (Fsp3) is 0.318. The zero-order valence-corrected chi connectivity index (χ0v) is 17.7. The van der Waals surface area contributed by atoms with Crippen LogP contribution in [-0.2, 0) is 13.0 Å². The molecule has 0 aliphatic carbocycles. The second kappa shape index (κ2) is 7.22. The van der Waals surface area contributed by atoms with Crippen LogP contribution < -0.4 is 9.62 Å². The second-order valence-electron chi connectivity index (χ2n) is 7.78. The number of anilines is 2. The van der Waals surface area contributed by atoms with Gasteiger partial charge in [-0.25, -0.2) is 0 Å². The lowest BCUT2D eigenvalue weighted by atomic mass is 9.99. The Morgan fingerprint density at radius 2 is 1.86 bits per heavy atom. The van der Waals surface area contributed by atoms with Crippen molar-refractivity contribution in [1.29, 1.82) is 0 Å². The van der Waals surface area contributed by atoms with Crippen LogP contribution in [0.5, 0.6) is 0 Å². The van der Waals surface area contributed by atoms with E-state index in [1.54, 1.807) is 11.9 Å². The van der Waals surface area contributed by atoms with Gasteiger partial charge in [-0.3, -0.25) is 0 Å². The third-order valence-corrected chi connectivity index (χ3v) is 5.96. The zero-order chi connectivity index (χ0) is 20.0. The van der Waals surface area contributed by atoms with Crippen molar-refractivity contribution in [2.75, 3.05) is 22.4 Å². The Hall–Kier alpha value is -2.80. The summed E-state index contributed by atoms with van der Waals surface area (Å²) in [6.07, 6.45) is 3.06. The fourth-order valence-electron chi connectivity index (χ4n) is 4.09. The van der Waals surface area contributed by atoms with Crippen LogP contribution in [0.3, 0.4) is 0 Å². The minimum absolute atomic E-state index is 0.258. The van der Waals surface area contributed by atoms with Crippen LogP contribution in [0.15, 0.2) is 42.5 Å². The van der Waals surface area contributed by atoms with Gasteiger partial charge in [-0.05, 0) is 29.7 Å². The summed E-state index contributed by atoms with van der Waals surface area (Å²) in [6, 6.07) is 15.1. The molecule has 3 heterocycles. The molecule has 0 saturated heterocycles. The van der Waals surface area contributed by atoms with Crippen molar-refractivity contribution >= 4 is 39.9 Å². The number of nitrogens with one attached hydrogen (secondary N) is 1. The molecule has 0 spiro atoms. The van der Waals surface area contributed by atoms with Gasteiger partial charge in [0.2, 0.25) is 0 Å². The smallest absolute Gasteiger partial charge is 0.185 e. The van der Waals surface area contributed by atoms with Crippen molar-refractivity contribution in [1.82, 2.24) is 19.8 Å². The topological polar surface area (TPSA) is 58.4 Å². The van der Waals surface area contributed by atoms with Gasteiger partial charge >= 0.3 is 0 Å². The normalized spacial score (nSPS) is 14.0. The highest BCUT2D eigenvalue weighted by atomic mass is 32.2. The average Bonchev–Trinajstić information content (AvgIpc) is 3.17. The molecular weight excluding hydrogens is 380 g/mol. The van der Waals surface area contributed by atoms with Crippen molar-refractivity contribution in [2.45, 2.75) is 32.7 Å².